The van der Waals surface area contributed by atoms with Crippen molar-refractivity contribution in [3.05, 3.63) is 29.8 Å². The molecule has 120 valence electrons. The third kappa shape index (κ3) is 6.10. The Morgan fingerprint density at radius 1 is 1.29 bits per heavy atom. The average molecular weight is 295 g/mol. The molecule has 0 fully saturated rings. The van der Waals surface area contributed by atoms with Crippen molar-refractivity contribution >= 4 is 0 Å². The van der Waals surface area contributed by atoms with Crippen molar-refractivity contribution in [3.8, 4) is 0 Å². The molecule has 0 saturated carbocycles. The largest absolute Gasteiger partial charge is 0.309 e. The highest BCUT2D eigenvalue weighted by Gasteiger charge is 2.21. The summed E-state index contributed by atoms with van der Waals surface area (Å²) in [6.07, 6.45) is 3.77. The molecular weight excluding hydrogens is 265 g/mol. The standard InChI is InChI=1S/C17H30FN3/c1-5-8-11-21(7-3)13-14(4)17(19-6-2)16-10-9-15(18)12-20-16/h9-10,12,14,17,19H,5-8,11,13H2,1-4H3. The molecule has 0 aromatic carbocycles. The molecule has 3 nitrogen and oxygen atoms in total. The van der Waals surface area contributed by atoms with E-state index in [1.165, 1.54) is 25.1 Å². The van der Waals surface area contributed by atoms with E-state index in [1.54, 1.807) is 6.07 Å². The summed E-state index contributed by atoms with van der Waals surface area (Å²) >= 11 is 0. The van der Waals surface area contributed by atoms with Crippen molar-refractivity contribution in [1.82, 2.24) is 15.2 Å². The third-order valence-corrected chi connectivity index (χ3v) is 3.88. The van der Waals surface area contributed by atoms with E-state index < -0.39 is 0 Å². The number of nitrogens with zero attached hydrogens (tertiary/aromatic N) is 2. The van der Waals surface area contributed by atoms with Gasteiger partial charge in [0.15, 0.2) is 0 Å². The quantitative estimate of drug-likeness (QED) is 0.714. The van der Waals surface area contributed by atoms with Crippen LogP contribution in [0, 0.1) is 11.7 Å². The Hall–Kier alpha value is -1.00. The first-order chi connectivity index (χ1) is 10.1. The lowest BCUT2D eigenvalue weighted by molar-refractivity contribution is 0.216. The first-order valence-electron chi connectivity index (χ1n) is 8.19. The molecule has 0 aliphatic heterocycles. The molecule has 1 aromatic rings. The van der Waals surface area contributed by atoms with E-state index in [-0.39, 0.29) is 11.9 Å². The molecule has 0 saturated heterocycles. The SMILES string of the molecule is CCCCN(CC)CC(C)C(NCC)c1ccc(F)cn1. The number of hydrogen-bond acceptors (Lipinski definition) is 3. The maximum atomic E-state index is 13.0. The van der Waals surface area contributed by atoms with Crippen LogP contribution in [0.4, 0.5) is 4.39 Å². The van der Waals surface area contributed by atoms with E-state index in [2.05, 4.69) is 42.9 Å². The van der Waals surface area contributed by atoms with Crippen LogP contribution in [0.2, 0.25) is 0 Å². The van der Waals surface area contributed by atoms with Crippen molar-refractivity contribution < 1.29 is 4.39 Å². The molecule has 1 aromatic heterocycles. The summed E-state index contributed by atoms with van der Waals surface area (Å²) in [5.74, 6) is 0.152. The zero-order valence-corrected chi connectivity index (χ0v) is 13.9. The summed E-state index contributed by atoms with van der Waals surface area (Å²) < 4.78 is 13.0. The first kappa shape index (κ1) is 18.1. The number of rotatable bonds is 10. The Labute approximate surface area is 129 Å². The monoisotopic (exact) mass is 295 g/mol. The van der Waals surface area contributed by atoms with Gasteiger partial charge in [0.2, 0.25) is 0 Å². The summed E-state index contributed by atoms with van der Waals surface area (Å²) in [5.41, 5.74) is 0.928. The van der Waals surface area contributed by atoms with Crippen LogP contribution in [0.15, 0.2) is 18.3 Å². The number of halogens is 1. The Kier molecular flexibility index (Phi) is 8.47. The molecule has 21 heavy (non-hydrogen) atoms. The van der Waals surface area contributed by atoms with Gasteiger partial charge in [0.1, 0.15) is 5.82 Å². The van der Waals surface area contributed by atoms with Crippen molar-refractivity contribution in [2.45, 2.75) is 46.6 Å². The van der Waals surface area contributed by atoms with E-state index in [4.69, 9.17) is 0 Å². The van der Waals surface area contributed by atoms with E-state index in [0.29, 0.717) is 5.92 Å². The van der Waals surface area contributed by atoms with Gasteiger partial charge in [-0.1, -0.05) is 34.1 Å². The van der Waals surface area contributed by atoms with Gasteiger partial charge in [0, 0.05) is 6.54 Å². The lowest BCUT2D eigenvalue weighted by atomic mass is 9.97. The second-order valence-electron chi connectivity index (χ2n) is 5.66. The van der Waals surface area contributed by atoms with Gasteiger partial charge in [-0.3, -0.25) is 4.98 Å². The van der Waals surface area contributed by atoms with Gasteiger partial charge in [-0.25, -0.2) is 4.39 Å². The van der Waals surface area contributed by atoms with Crippen LogP contribution in [-0.4, -0.2) is 36.1 Å². The van der Waals surface area contributed by atoms with Crippen molar-refractivity contribution in [2.75, 3.05) is 26.2 Å². The normalized spacial score (nSPS) is 14.4. The lowest BCUT2D eigenvalue weighted by Gasteiger charge is -2.30. The number of unbranched alkanes of at least 4 members (excludes halogenated alkanes) is 1. The zero-order valence-electron chi connectivity index (χ0n) is 13.9. The Balaban J connectivity index is 2.72. The molecular formula is C17H30FN3. The van der Waals surface area contributed by atoms with Crippen molar-refractivity contribution in [1.29, 1.82) is 0 Å². The summed E-state index contributed by atoms with van der Waals surface area (Å²) in [6, 6.07) is 3.46. The minimum absolute atomic E-state index is 0.172. The van der Waals surface area contributed by atoms with Crippen LogP contribution >= 0.6 is 0 Å². The molecule has 1 rings (SSSR count). The molecule has 0 aliphatic carbocycles. The predicted molar refractivity (Wildman–Crippen MR) is 86.8 cm³/mol. The number of aromatic nitrogens is 1. The number of nitrogens with one attached hydrogen (secondary N) is 1. The summed E-state index contributed by atoms with van der Waals surface area (Å²) in [6.45, 7) is 12.9. The molecule has 0 bridgehead atoms. The zero-order chi connectivity index (χ0) is 15.7. The third-order valence-electron chi connectivity index (χ3n) is 3.88. The van der Waals surface area contributed by atoms with Gasteiger partial charge in [0.05, 0.1) is 17.9 Å². The molecule has 1 heterocycles. The van der Waals surface area contributed by atoms with E-state index in [0.717, 1.165) is 31.9 Å². The second-order valence-corrected chi connectivity index (χ2v) is 5.66. The van der Waals surface area contributed by atoms with Crippen LogP contribution < -0.4 is 5.32 Å². The predicted octanol–water partition coefficient (Wildman–Crippen LogP) is 3.63. The molecule has 2 unspecified atom stereocenters. The van der Waals surface area contributed by atoms with Crippen molar-refractivity contribution in [3.63, 3.8) is 0 Å². The fourth-order valence-corrected chi connectivity index (χ4v) is 2.66. The Bertz CT molecular complexity index is 380. The van der Waals surface area contributed by atoms with E-state index >= 15 is 0 Å². The van der Waals surface area contributed by atoms with Gasteiger partial charge in [-0.05, 0) is 44.1 Å². The smallest absolute Gasteiger partial charge is 0.141 e. The molecule has 0 radical (unpaired) electrons. The molecule has 1 N–H and O–H groups in total. The van der Waals surface area contributed by atoms with Gasteiger partial charge in [-0.2, -0.15) is 0 Å². The fraction of sp³-hybridized carbons (Fsp3) is 0.706. The Morgan fingerprint density at radius 2 is 2.05 bits per heavy atom. The van der Waals surface area contributed by atoms with Crippen LogP contribution in [-0.2, 0) is 0 Å². The Morgan fingerprint density at radius 3 is 2.57 bits per heavy atom. The highest BCUT2D eigenvalue weighted by atomic mass is 19.1. The van der Waals surface area contributed by atoms with E-state index in [9.17, 15) is 4.39 Å². The highest BCUT2D eigenvalue weighted by Crippen LogP contribution is 2.21. The fourth-order valence-electron chi connectivity index (χ4n) is 2.66. The van der Waals surface area contributed by atoms with Crippen LogP contribution in [0.25, 0.3) is 0 Å². The van der Waals surface area contributed by atoms with Gasteiger partial charge < -0.3 is 10.2 Å². The van der Waals surface area contributed by atoms with Gasteiger partial charge in [0.25, 0.3) is 0 Å². The summed E-state index contributed by atoms with van der Waals surface area (Å²) in [7, 11) is 0. The van der Waals surface area contributed by atoms with Crippen LogP contribution in [0.5, 0.6) is 0 Å². The summed E-state index contributed by atoms with van der Waals surface area (Å²) in [5, 5.41) is 3.49. The number of pyridine rings is 1. The molecule has 4 heteroatoms. The maximum absolute atomic E-state index is 13.0. The highest BCUT2D eigenvalue weighted by molar-refractivity contribution is 5.11. The molecule has 2 atom stereocenters. The lowest BCUT2D eigenvalue weighted by Crippen LogP contribution is -2.36. The van der Waals surface area contributed by atoms with Gasteiger partial charge >= 0.3 is 0 Å². The summed E-state index contributed by atoms with van der Waals surface area (Å²) in [4.78, 5) is 6.75. The topological polar surface area (TPSA) is 28.2 Å². The first-order valence-corrected chi connectivity index (χ1v) is 8.19. The molecule has 0 amide bonds. The minimum atomic E-state index is -0.278. The van der Waals surface area contributed by atoms with E-state index in [1.807, 2.05) is 0 Å². The minimum Gasteiger partial charge on any atom is -0.309 e. The maximum Gasteiger partial charge on any atom is 0.141 e. The molecule has 0 aliphatic rings. The van der Waals surface area contributed by atoms with Crippen LogP contribution in [0.1, 0.15) is 52.3 Å². The van der Waals surface area contributed by atoms with Crippen LogP contribution in [0.3, 0.4) is 0 Å². The average Bonchev–Trinajstić information content (AvgIpc) is 2.50. The van der Waals surface area contributed by atoms with Crippen molar-refractivity contribution in [2.24, 2.45) is 5.92 Å². The number of hydrogen-bond donors (Lipinski definition) is 1. The van der Waals surface area contributed by atoms with Gasteiger partial charge in [-0.15, -0.1) is 0 Å². The molecule has 0 spiro atoms. The second kappa shape index (κ2) is 9.85.